The fraction of sp³-hybridized carbons (Fsp3) is 0.529. The van der Waals surface area contributed by atoms with Gasteiger partial charge in [0.2, 0.25) is 11.8 Å². The third kappa shape index (κ3) is 3.26. The molecule has 0 radical (unpaired) electrons. The summed E-state index contributed by atoms with van der Waals surface area (Å²) >= 11 is 0. The highest BCUT2D eigenvalue weighted by molar-refractivity contribution is 5.95. The molecule has 4 heteroatoms. The molecule has 2 amide bonds. The number of hydrogen-bond donors (Lipinski definition) is 1. The van der Waals surface area contributed by atoms with Gasteiger partial charge in [0.15, 0.2) is 0 Å². The predicted molar refractivity (Wildman–Crippen MR) is 80.5 cm³/mol. The maximum absolute atomic E-state index is 12.6. The lowest BCUT2D eigenvalue weighted by Crippen LogP contribution is -2.53. The highest BCUT2D eigenvalue weighted by Crippen LogP contribution is 2.28. The molecule has 1 unspecified atom stereocenters. The van der Waals surface area contributed by atoms with Crippen LogP contribution < -0.4 is 5.32 Å². The van der Waals surface area contributed by atoms with E-state index >= 15 is 0 Å². The first-order valence-corrected chi connectivity index (χ1v) is 7.87. The largest absolute Gasteiger partial charge is 0.339 e. The summed E-state index contributed by atoms with van der Waals surface area (Å²) in [5.41, 5.74) is 0.862. The van der Waals surface area contributed by atoms with Crippen molar-refractivity contribution >= 4 is 11.8 Å². The second-order valence-corrected chi connectivity index (χ2v) is 6.11. The van der Waals surface area contributed by atoms with E-state index in [0.29, 0.717) is 6.54 Å². The summed E-state index contributed by atoms with van der Waals surface area (Å²) in [4.78, 5) is 26.2. The van der Waals surface area contributed by atoms with Crippen LogP contribution in [0.25, 0.3) is 0 Å². The topological polar surface area (TPSA) is 49.4 Å². The summed E-state index contributed by atoms with van der Waals surface area (Å²) in [5, 5.41) is 2.81. The molecule has 1 saturated carbocycles. The smallest absolute Gasteiger partial charge is 0.250 e. The molecule has 112 valence electrons. The van der Waals surface area contributed by atoms with Crippen LogP contribution in [0.3, 0.4) is 0 Å². The molecule has 2 aliphatic rings. The van der Waals surface area contributed by atoms with Gasteiger partial charge < -0.3 is 10.2 Å². The minimum atomic E-state index is -0.518. The van der Waals surface area contributed by atoms with Gasteiger partial charge in [0, 0.05) is 6.54 Å². The molecular formula is C17H22N2O2. The first-order chi connectivity index (χ1) is 10.2. The number of amides is 2. The molecule has 1 aromatic carbocycles. The molecule has 2 fully saturated rings. The SMILES string of the molecule is O=C1CN(CCC2CCCC2)C(=O)C(c2ccccc2)N1. The molecule has 1 aliphatic heterocycles. The van der Waals surface area contributed by atoms with Gasteiger partial charge in [-0.1, -0.05) is 56.0 Å². The Morgan fingerprint density at radius 1 is 1.10 bits per heavy atom. The molecule has 1 N–H and O–H groups in total. The summed E-state index contributed by atoms with van der Waals surface area (Å²) in [5.74, 6) is 0.701. The van der Waals surface area contributed by atoms with Gasteiger partial charge in [-0.3, -0.25) is 9.59 Å². The Morgan fingerprint density at radius 3 is 2.52 bits per heavy atom. The van der Waals surface area contributed by atoms with Crippen molar-refractivity contribution in [3.63, 3.8) is 0 Å². The Balaban J connectivity index is 1.66. The van der Waals surface area contributed by atoms with E-state index in [4.69, 9.17) is 0 Å². The summed E-state index contributed by atoms with van der Waals surface area (Å²) in [6.45, 7) is 0.912. The number of nitrogens with zero attached hydrogens (tertiary/aromatic N) is 1. The molecule has 1 aliphatic carbocycles. The minimum absolute atomic E-state index is 0.0267. The zero-order chi connectivity index (χ0) is 14.7. The van der Waals surface area contributed by atoms with E-state index in [1.54, 1.807) is 4.90 Å². The average molecular weight is 286 g/mol. The first-order valence-electron chi connectivity index (χ1n) is 7.87. The van der Waals surface area contributed by atoms with E-state index in [9.17, 15) is 9.59 Å². The lowest BCUT2D eigenvalue weighted by molar-refractivity contribution is -0.144. The van der Waals surface area contributed by atoms with Crippen LogP contribution in [0.2, 0.25) is 0 Å². The Kier molecular flexibility index (Phi) is 4.23. The van der Waals surface area contributed by atoms with Crippen molar-refractivity contribution in [1.82, 2.24) is 10.2 Å². The quantitative estimate of drug-likeness (QED) is 0.923. The van der Waals surface area contributed by atoms with Crippen LogP contribution in [0.5, 0.6) is 0 Å². The molecule has 4 nitrogen and oxygen atoms in total. The van der Waals surface area contributed by atoms with Gasteiger partial charge in [0.25, 0.3) is 0 Å². The lowest BCUT2D eigenvalue weighted by atomic mass is 10.0. The van der Waals surface area contributed by atoms with Crippen molar-refractivity contribution in [2.75, 3.05) is 13.1 Å². The Hall–Kier alpha value is -1.84. The molecular weight excluding hydrogens is 264 g/mol. The molecule has 0 bridgehead atoms. The summed E-state index contributed by atoms with van der Waals surface area (Å²) in [6.07, 6.45) is 6.20. The van der Waals surface area contributed by atoms with Gasteiger partial charge in [-0.25, -0.2) is 0 Å². The van der Waals surface area contributed by atoms with E-state index in [1.807, 2.05) is 30.3 Å². The van der Waals surface area contributed by atoms with Gasteiger partial charge in [0.05, 0.1) is 6.54 Å². The molecule has 3 rings (SSSR count). The number of rotatable bonds is 4. The molecule has 1 heterocycles. The molecule has 1 atom stereocenters. The second-order valence-electron chi connectivity index (χ2n) is 6.11. The number of hydrogen-bond acceptors (Lipinski definition) is 2. The van der Waals surface area contributed by atoms with Gasteiger partial charge in [0.1, 0.15) is 6.04 Å². The maximum atomic E-state index is 12.6. The minimum Gasteiger partial charge on any atom is -0.339 e. The van der Waals surface area contributed by atoms with Crippen LogP contribution in [-0.4, -0.2) is 29.8 Å². The number of benzene rings is 1. The molecule has 1 aromatic rings. The maximum Gasteiger partial charge on any atom is 0.250 e. The van der Waals surface area contributed by atoms with Gasteiger partial charge in [-0.05, 0) is 17.9 Å². The number of nitrogens with one attached hydrogen (secondary N) is 1. The van der Waals surface area contributed by atoms with E-state index < -0.39 is 6.04 Å². The van der Waals surface area contributed by atoms with E-state index in [1.165, 1.54) is 25.7 Å². The fourth-order valence-electron chi connectivity index (χ4n) is 3.40. The van der Waals surface area contributed by atoms with Gasteiger partial charge in [-0.2, -0.15) is 0 Å². The normalized spacial score (nSPS) is 23.4. The van der Waals surface area contributed by atoms with E-state index in [0.717, 1.165) is 17.9 Å². The Morgan fingerprint density at radius 2 is 1.81 bits per heavy atom. The van der Waals surface area contributed by atoms with Crippen LogP contribution in [0.1, 0.15) is 43.7 Å². The molecule has 1 saturated heterocycles. The lowest BCUT2D eigenvalue weighted by Gasteiger charge is -2.33. The van der Waals surface area contributed by atoms with Gasteiger partial charge in [-0.15, -0.1) is 0 Å². The Labute approximate surface area is 125 Å². The van der Waals surface area contributed by atoms with Crippen molar-refractivity contribution in [2.45, 2.75) is 38.1 Å². The molecule has 21 heavy (non-hydrogen) atoms. The predicted octanol–water partition coefficient (Wildman–Crippen LogP) is 2.27. The van der Waals surface area contributed by atoms with Crippen LogP contribution in [0.4, 0.5) is 0 Å². The zero-order valence-corrected chi connectivity index (χ0v) is 12.3. The third-order valence-corrected chi connectivity index (χ3v) is 4.61. The standard InChI is InChI=1S/C17H22N2O2/c20-15-12-19(11-10-13-6-4-5-7-13)17(21)16(18-15)14-8-2-1-3-9-14/h1-3,8-9,13,16H,4-7,10-12H2,(H,18,20). The average Bonchev–Trinajstić information content (AvgIpc) is 3.02. The Bertz CT molecular complexity index is 509. The fourth-order valence-corrected chi connectivity index (χ4v) is 3.40. The third-order valence-electron chi connectivity index (χ3n) is 4.61. The number of carbonyl (C=O) groups is 2. The monoisotopic (exact) mass is 286 g/mol. The zero-order valence-electron chi connectivity index (χ0n) is 12.3. The van der Waals surface area contributed by atoms with Crippen molar-refractivity contribution in [3.8, 4) is 0 Å². The van der Waals surface area contributed by atoms with Crippen molar-refractivity contribution in [3.05, 3.63) is 35.9 Å². The molecule has 0 aromatic heterocycles. The summed E-state index contributed by atoms with van der Waals surface area (Å²) in [7, 11) is 0. The van der Waals surface area contributed by atoms with E-state index in [-0.39, 0.29) is 18.4 Å². The van der Waals surface area contributed by atoms with Crippen molar-refractivity contribution in [2.24, 2.45) is 5.92 Å². The van der Waals surface area contributed by atoms with Crippen molar-refractivity contribution in [1.29, 1.82) is 0 Å². The van der Waals surface area contributed by atoms with Gasteiger partial charge >= 0.3 is 0 Å². The number of carbonyl (C=O) groups excluding carboxylic acids is 2. The van der Waals surface area contributed by atoms with E-state index in [2.05, 4.69) is 5.32 Å². The summed E-state index contributed by atoms with van der Waals surface area (Å²) in [6, 6.07) is 8.97. The first kappa shape index (κ1) is 14.1. The second kappa shape index (κ2) is 6.29. The van der Waals surface area contributed by atoms with Crippen LogP contribution in [0.15, 0.2) is 30.3 Å². The molecule has 0 spiro atoms. The highest BCUT2D eigenvalue weighted by atomic mass is 16.2. The number of piperazine rings is 1. The van der Waals surface area contributed by atoms with Crippen LogP contribution in [0, 0.1) is 5.92 Å². The summed E-state index contributed by atoms with van der Waals surface area (Å²) < 4.78 is 0. The highest BCUT2D eigenvalue weighted by Gasteiger charge is 2.33. The van der Waals surface area contributed by atoms with Crippen LogP contribution in [-0.2, 0) is 9.59 Å². The van der Waals surface area contributed by atoms with Crippen LogP contribution >= 0.6 is 0 Å². The van der Waals surface area contributed by atoms with Crippen molar-refractivity contribution < 1.29 is 9.59 Å².